The van der Waals surface area contributed by atoms with Crippen molar-refractivity contribution in [1.82, 2.24) is 14.9 Å². The number of piperidine rings is 1. The van der Waals surface area contributed by atoms with Crippen molar-refractivity contribution < 1.29 is 14.7 Å². The molecule has 0 aliphatic carbocycles. The van der Waals surface area contributed by atoms with Gasteiger partial charge in [0, 0.05) is 31.9 Å². The number of likely N-dealkylation sites (tertiary alicyclic amines) is 1. The molecule has 1 aromatic rings. The quantitative estimate of drug-likeness (QED) is 0.871. The molecule has 108 valence electrons. The molecular formula is C13H18N4O3. The molecule has 2 heterocycles. The first-order valence-corrected chi connectivity index (χ1v) is 6.70. The Morgan fingerprint density at radius 3 is 2.85 bits per heavy atom. The molecule has 1 aromatic heterocycles. The van der Waals surface area contributed by atoms with Crippen LogP contribution >= 0.6 is 0 Å². The molecule has 1 aliphatic heterocycles. The van der Waals surface area contributed by atoms with Gasteiger partial charge in [-0.25, -0.2) is 14.8 Å². The zero-order chi connectivity index (χ0) is 14.4. The summed E-state index contributed by atoms with van der Waals surface area (Å²) in [5, 5.41) is 11.4. The van der Waals surface area contributed by atoms with Crippen LogP contribution in [0.4, 0.5) is 10.7 Å². The molecule has 0 aromatic carbocycles. The summed E-state index contributed by atoms with van der Waals surface area (Å²) < 4.78 is 0. The van der Waals surface area contributed by atoms with Crippen LogP contribution in [0.3, 0.4) is 0 Å². The highest BCUT2D eigenvalue weighted by Gasteiger charge is 2.24. The van der Waals surface area contributed by atoms with Crippen molar-refractivity contribution in [1.29, 1.82) is 0 Å². The first-order valence-electron chi connectivity index (χ1n) is 6.70. The summed E-state index contributed by atoms with van der Waals surface area (Å²) >= 11 is 0. The number of anilines is 1. The van der Waals surface area contributed by atoms with Gasteiger partial charge in [0.2, 0.25) is 5.95 Å². The normalized spacial score (nSPS) is 18.6. The van der Waals surface area contributed by atoms with Crippen LogP contribution < -0.4 is 5.32 Å². The zero-order valence-corrected chi connectivity index (χ0v) is 11.2. The van der Waals surface area contributed by atoms with Crippen molar-refractivity contribution in [3.8, 4) is 0 Å². The molecule has 0 bridgehead atoms. The van der Waals surface area contributed by atoms with Crippen LogP contribution in [-0.4, -0.2) is 45.1 Å². The van der Waals surface area contributed by atoms with Gasteiger partial charge in [0.1, 0.15) is 0 Å². The summed E-state index contributed by atoms with van der Waals surface area (Å²) in [5.74, 6) is -0.253. The Balaban J connectivity index is 1.85. The Morgan fingerprint density at radius 2 is 2.15 bits per heavy atom. The van der Waals surface area contributed by atoms with E-state index in [0.29, 0.717) is 19.5 Å². The fourth-order valence-corrected chi connectivity index (χ4v) is 2.35. The van der Waals surface area contributed by atoms with E-state index in [2.05, 4.69) is 15.3 Å². The number of aliphatic carboxylic acids is 1. The van der Waals surface area contributed by atoms with Gasteiger partial charge in [-0.1, -0.05) is 0 Å². The molecular weight excluding hydrogens is 260 g/mol. The molecule has 20 heavy (non-hydrogen) atoms. The lowest BCUT2D eigenvalue weighted by atomic mass is 9.93. The summed E-state index contributed by atoms with van der Waals surface area (Å²) in [7, 11) is 0. The molecule has 2 N–H and O–H groups in total. The van der Waals surface area contributed by atoms with E-state index in [-0.39, 0.29) is 24.3 Å². The molecule has 1 aliphatic rings. The minimum atomic E-state index is -0.788. The summed E-state index contributed by atoms with van der Waals surface area (Å²) in [6.45, 7) is 1.27. The average Bonchev–Trinajstić information content (AvgIpc) is 2.46. The van der Waals surface area contributed by atoms with E-state index in [1.165, 1.54) is 0 Å². The summed E-state index contributed by atoms with van der Waals surface area (Å²) in [6, 6.07) is 1.45. The first kappa shape index (κ1) is 14.2. The third kappa shape index (κ3) is 4.18. The van der Waals surface area contributed by atoms with Crippen LogP contribution in [0.25, 0.3) is 0 Å². The monoisotopic (exact) mass is 278 g/mol. The van der Waals surface area contributed by atoms with Crippen molar-refractivity contribution in [2.75, 3.05) is 18.4 Å². The number of rotatable bonds is 4. The maximum atomic E-state index is 12.1. The Morgan fingerprint density at radius 1 is 1.40 bits per heavy atom. The van der Waals surface area contributed by atoms with E-state index in [9.17, 15) is 9.59 Å². The van der Waals surface area contributed by atoms with Gasteiger partial charge >= 0.3 is 12.0 Å². The summed E-state index contributed by atoms with van der Waals surface area (Å²) in [4.78, 5) is 32.2. The molecule has 1 saturated heterocycles. The molecule has 0 spiro atoms. The van der Waals surface area contributed by atoms with Crippen LogP contribution in [0.5, 0.6) is 0 Å². The lowest BCUT2D eigenvalue weighted by molar-refractivity contribution is -0.137. The van der Waals surface area contributed by atoms with E-state index < -0.39 is 5.97 Å². The fourth-order valence-electron chi connectivity index (χ4n) is 2.35. The molecule has 1 atom stereocenters. The van der Waals surface area contributed by atoms with Gasteiger partial charge in [0.15, 0.2) is 0 Å². The molecule has 2 rings (SSSR count). The lowest BCUT2D eigenvalue weighted by Crippen LogP contribution is -2.42. The minimum absolute atomic E-state index is 0.155. The molecule has 7 heteroatoms. The van der Waals surface area contributed by atoms with E-state index in [1.54, 1.807) is 23.4 Å². The summed E-state index contributed by atoms with van der Waals surface area (Å²) in [5.41, 5.74) is 0. The first-order chi connectivity index (χ1) is 9.65. The van der Waals surface area contributed by atoms with E-state index in [0.717, 1.165) is 12.8 Å². The van der Waals surface area contributed by atoms with Crippen molar-refractivity contribution >= 4 is 17.9 Å². The predicted molar refractivity (Wildman–Crippen MR) is 72.2 cm³/mol. The van der Waals surface area contributed by atoms with Crippen LogP contribution in [0, 0.1) is 5.92 Å². The number of carboxylic acids is 1. The highest BCUT2D eigenvalue weighted by atomic mass is 16.4. The SMILES string of the molecule is O=C(O)CCC1CCCN(C(=O)Nc2ncccn2)C1. The maximum absolute atomic E-state index is 12.1. The molecule has 2 amide bonds. The van der Waals surface area contributed by atoms with Crippen LogP contribution in [0.2, 0.25) is 0 Å². The van der Waals surface area contributed by atoms with Gasteiger partial charge in [0.05, 0.1) is 0 Å². The molecule has 0 radical (unpaired) electrons. The van der Waals surface area contributed by atoms with E-state index in [4.69, 9.17) is 5.11 Å². The van der Waals surface area contributed by atoms with Gasteiger partial charge in [-0.2, -0.15) is 0 Å². The van der Waals surface area contributed by atoms with Crippen molar-refractivity contribution in [2.24, 2.45) is 5.92 Å². The van der Waals surface area contributed by atoms with Gasteiger partial charge in [-0.3, -0.25) is 10.1 Å². The van der Waals surface area contributed by atoms with Gasteiger partial charge in [-0.15, -0.1) is 0 Å². The number of hydrogen-bond acceptors (Lipinski definition) is 4. The Labute approximate surface area is 117 Å². The van der Waals surface area contributed by atoms with Crippen LogP contribution in [-0.2, 0) is 4.79 Å². The standard InChI is InChI=1S/C13H18N4O3/c18-11(19)5-4-10-3-1-8-17(9-10)13(20)16-12-14-6-2-7-15-12/h2,6-7,10H,1,3-5,8-9H2,(H,18,19)(H,14,15,16,20). The second-order valence-corrected chi connectivity index (χ2v) is 4.89. The number of hydrogen-bond donors (Lipinski definition) is 2. The van der Waals surface area contributed by atoms with Gasteiger partial charge < -0.3 is 10.0 Å². The number of amides is 2. The molecule has 1 fully saturated rings. The largest absolute Gasteiger partial charge is 0.481 e. The Bertz CT molecular complexity index is 466. The number of nitrogens with one attached hydrogen (secondary N) is 1. The number of nitrogens with zero attached hydrogens (tertiary/aromatic N) is 3. The smallest absolute Gasteiger partial charge is 0.324 e. The molecule has 0 saturated carbocycles. The van der Waals surface area contributed by atoms with E-state index >= 15 is 0 Å². The van der Waals surface area contributed by atoms with Crippen LogP contribution in [0.1, 0.15) is 25.7 Å². The highest BCUT2D eigenvalue weighted by molar-refractivity contribution is 5.87. The second kappa shape index (κ2) is 6.83. The number of carbonyl (C=O) groups excluding carboxylic acids is 1. The third-order valence-corrected chi connectivity index (χ3v) is 3.36. The van der Waals surface area contributed by atoms with Gasteiger partial charge in [-0.05, 0) is 31.2 Å². The van der Waals surface area contributed by atoms with Crippen molar-refractivity contribution in [3.63, 3.8) is 0 Å². The maximum Gasteiger partial charge on any atom is 0.324 e. The third-order valence-electron chi connectivity index (χ3n) is 3.36. The number of carbonyl (C=O) groups is 2. The van der Waals surface area contributed by atoms with Crippen molar-refractivity contribution in [2.45, 2.75) is 25.7 Å². The molecule has 7 nitrogen and oxygen atoms in total. The fraction of sp³-hybridized carbons (Fsp3) is 0.538. The highest BCUT2D eigenvalue weighted by Crippen LogP contribution is 2.21. The Hall–Kier alpha value is -2.18. The Kier molecular flexibility index (Phi) is 4.86. The lowest BCUT2D eigenvalue weighted by Gasteiger charge is -2.32. The van der Waals surface area contributed by atoms with Crippen molar-refractivity contribution in [3.05, 3.63) is 18.5 Å². The average molecular weight is 278 g/mol. The predicted octanol–water partition coefficient (Wildman–Crippen LogP) is 1.59. The second-order valence-electron chi connectivity index (χ2n) is 4.89. The molecule has 1 unspecified atom stereocenters. The topological polar surface area (TPSA) is 95.4 Å². The van der Waals surface area contributed by atoms with Crippen LogP contribution in [0.15, 0.2) is 18.5 Å². The minimum Gasteiger partial charge on any atom is -0.481 e. The summed E-state index contributed by atoms with van der Waals surface area (Å²) in [6.07, 6.45) is 5.76. The zero-order valence-electron chi connectivity index (χ0n) is 11.2. The number of aromatic nitrogens is 2. The van der Waals surface area contributed by atoms with E-state index in [1.807, 2.05) is 0 Å². The number of urea groups is 1. The number of carboxylic acid groups (broad SMARTS) is 1. The van der Waals surface area contributed by atoms with Gasteiger partial charge in [0.25, 0.3) is 0 Å².